The van der Waals surface area contributed by atoms with Gasteiger partial charge in [-0.15, -0.1) is 0 Å². The van der Waals surface area contributed by atoms with Gasteiger partial charge in [-0.3, -0.25) is 0 Å². The molecule has 2 nitrogen and oxygen atoms in total. The number of aromatic nitrogens is 1. The molecule has 0 bridgehead atoms. The van der Waals surface area contributed by atoms with Gasteiger partial charge in [-0.05, 0) is 23.6 Å². The number of nitrogens with zero attached hydrogens (tertiary/aromatic N) is 1. The number of halogens is 1. The summed E-state index contributed by atoms with van der Waals surface area (Å²) < 4.78 is 18.3. The molecule has 0 N–H and O–H groups in total. The lowest BCUT2D eigenvalue weighted by Gasteiger charge is -2.05. The Bertz CT molecular complexity index is 713. The summed E-state index contributed by atoms with van der Waals surface area (Å²) >= 11 is 0. The van der Waals surface area contributed by atoms with Crippen molar-refractivity contribution in [3.63, 3.8) is 0 Å². The Kier molecular flexibility index (Phi) is 2.82. The molecule has 0 radical (unpaired) electrons. The molecular weight excluding hydrogens is 241 g/mol. The van der Waals surface area contributed by atoms with E-state index in [-0.39, 0.29) is 5.82 Å². The van der Waals surface area contributed by atoms with Gasteiger partial charge in [-0.25, -0.2) is 4.39 Å². The number of rotatable bonds is 2. The second kappa shape index (κ2) is 4.50. The van der Waals surface area contributed by atoms with Crippen molar-refractivity contribution in [2.24, 2.45) is 0 Å². The molecule has 96 valence electrons. The van der Waals surface area contributed by atoms with Crippen molar-refractivity contribution in [3.8, 4) is 11.3 Å². The minimum absolute atomic E-state index is 0.314. The third kappa shape index (κ3) is 2.12. The van der Waals surface area contributed by atoms with E-state index < -0.39 is 0 Å². The van der Waals surface area contributed by atoms with Crippen molar-refractivity contribution in [1.82, 2.24) is 5.16 Å². The zero-order chi connectivity index (χ0) is 13.4. The molecule has 3 rings (SSSR count). The first kappa shape index (κ1) is 11.9. The Morgan fingerprint density at radius 2 is 1.79 bits per heavy atom. The standard InChI is InChI=1S/C16H14FNO/c1-10(2)11-3-5-12(6-4-11)16-14-8-7-13(17)9-15(14)19-18-16/h3-10H,1-2H3. The number of hydrogen-bond acceptors (Lipinski definition) is 2. The molecule has 0 amide bonds. The maximum atomic E-state index is 13.1. The summed E-state index contributed by atoms with van der Waals surface area (Å²) in [4.78, 5) is 0. The Morgan fingerprint density at radius 3 is 2.47 bits per heavy atom. The molecule has 19 heavy (non-hydrogen) atoms. The molecule has 0 aliphatic rings. The monoisotopic (exact) mass is 255 g/mol. The molecule has 0 unspecified atom stereocenters. The fourth-order valence-corrected chi connectivity index (χ4v) is 2.15. The zero-order valence-electron chi connectivity index (χ0n) is 10.9. The van der Waals surface area contributed by atoms with E-state index in [1.807, 2.05) is 12.1 Å². The van der Waals surface area contributed by atoms with Crippen LogP contribution in [-0.4, -0.2) is 5.16 Å². The number of hydrogen-bond donors (Lipinski definition) is 0. The van der Waals surface area contributed by atoms with Crippen LogP contribution in [0.3, 0.4) is 0 Å². The van der Waals surface area contributed by atoms with E-state index in [1.165, 1.54) is 17.7 Å². The molecule has 0 atom stereocenters. The predicted octanol–water partition coefficient (Wildman–Crippen LogP) is 4.76. The summed E-state index contributed by atoms with van der Waals surface area (Å²) in [6.45, 7) is 4.31. The van der Waals surface area contributed by atoms with Crippen LogP contribution in [0.5, 0.6) is 0 Å². The van der Waals surface area contributed by atoms with Crippen LogP contribution in [0.1, 0.15) is 25.3 Å². The smallest absolute Gasteiger partial charge is 0.170 e. The highest BCUT2D eigenvalue weighted by atomic mass is 19.1. The average Bonchev–Trinajstić information content (AvgIpc) is 2.81. The van der Waals surface area contributed by atoms with Gasteiger partial charge in [0, 0.05) is 17.0 Å². The summed E-state index contributed by atoms with van der Waals surface area (Å²) in [5.74, 6) is 0.183. The first-order chi connectivity index (χ1) is 9.15. The highest BCUT2D eigenvalue weighted by Gasteiger charge is 2.11. The molecule has 0 spiro atoms. The van der Waals surface area contributed by atoms with Gasteiger partial charge in [0.25, 0.3) is 0 Å². The Balaban J connectivity index is 2.09. The van der Waals surface area contributed by atoms with Crippen LogP contribution in [0.25, 0.3) is 22.2 Å². The van der Waals surface area contributed by atoms with Crippen LogP contribution in [0.2, 0.25) is 0 Å². The summed E-state index contributed by atoms with van der Waals surface area (Å²) in [7, 11) is 0. The summed E-state index contributed by atoms with van der Waals surface area (Å²) in [5, 5.41) is 4.87. The SMILES string of the molecule is CC(C)c1ccc(-c2noc3cc(F)ccc23)cc1. The number of fused-ring (bicyclic) bond motifs is 1. The van der Waals surface area contributed by atoms with Crippen LogP contribution in [-0.2, 0) is 0 Å². The minimum Gasteiger partial charge on any atom is -0.356 e. The maximum Gasteiger partial charge on any atom is 0.170 e. The van der Waals surface area contributed by atoms with Gasteiger partial charge in [0.1, 0.15) is 11.5 Å². The van der Waals surface area contributed by atoms with E-state index in [4.69, 9.17) is 4.52 Å². The summed E-state index contributed by atoms with van der Waals surface area (Å²) in [6, 6.07) is 12.7. The molecule has 0 saturated heterocycles. The quantitative estimate of drug-likeness (QED) is 0.660. The lowest BCUT2D eigenvalue weighted by molar-refractivity contribution is 0.457. The second-order valence-electron chi connectivity index (χ2n) is 4.95. The Morgan fingerprint density at radius 1 is 1.05 bits per heavy atom. The summed E-state index contributed by atoms with van der Waals surface area (Å²) in [6.07, 6.45) is 0. The lowest BCUT2D eigenvalue weighted by atomic mass is 10.00. The third-order valence-electron chi connectivity index (χ3n) is 3.28. The zero-order valence-corrected chi connectivity index (χ0v) is 10.9. The highest BCUT2D eigenvalue weighted by molar-refractivity contribution is 5.91. The third-order valence-corrected chi connectivity index (χ3v) is 3.28. The molecule has 2 aromatic carbocycles. The van der Waals surface area contributed by atoms with Gasteiger partial charge in [-0.2, -0.15) is 0 Å². The van der Waals surface area contributed by atoms with Gasteiger partial charge in [0.05, 0.1) is 0 Å². The van der Waals surface area contributed by atoms with Gasteiger partial charge >= 0.3 is 0 Å². The van der Waals surface area contributed by atoms with Crippen LogP contribution >= 0.6 is 0 Å². The fraction of sp³-hybridized carbons (Fsp3) is 0.188. The minimum atomic E-state index is -0.314. The van der Waals surface area contributed by atoms with Crippen molar-refractivity contribution >= 4 is 11.0 Å². The first-order valence-corrected chi connectivity index (χ1v) is 6.30. The van der Waals surface area contributed by atoms with E-state index in [1.54, 1.807) is 6.07 Å². The molecule has 3 aromatic rings. The van der Waals surface area contributed by atoms with E-state index in [2.05, 4.69) is 31.1 Å². The van der Waals surface area contributed by atoms with Crippen LogP contribution in [0.4, 0.5) is 4.39 Å². The molecule has 3 heteroatoms. The number of benzene rings is 2. The average molecular weight is 255 g/mol. The van der Waals surface area contributed by atoms with E-state index in [0.717, 1.165) is 16.6 Å². The van der Waals surface area contributed by atoms with Gasteiger partial charge in [0.2, 0.25) is 0 Å². The van der Waals surface area contributed by atoms with E-state index >= 15 is 0 Å². The molecular formula is C16H14FNO. The molecule has 1 heterocycles. The first-order valence-electron chi connectivity index (χ1n) is 6.30. The topological polar surface area (TPSA) is 26.0 Å². The van der Waals surface area contributed by atoms with Gasteiger partial charge in [0.15, 0.2) is 5.58 Å². The van der Waals surface area contributed by atoms with E-state index in [0.29, 0.717) is 11.5 Å². The van der Waals surface area contributed by atoms with Gasteiger partial charge < -0.3 is 4.52 Å². The van der Waals surface area contributed by atoms with Crippen molar-refractivity contribution < 1.29 is 8.91 Å². The second-order valence-corrected chi connectivity index (χ2v) is 4.95. The van der Waals surface area contributed by atoms with Gasteiger partial charge in [-0.1, -0.05) is 43.3 Å². The summed E-state index contributed by atoms with van der Waals surface area (Å²) in [5.41, 5.74) is 3.49. The normalized spacial score (nSPS) is 11.4. The maximum absolute atomic E-state index is 13.1. The predicted molar refractivity (Wildman–Crippen MR) is 73.5 cm³/mol. The highest BCUT2D eigenvalue weighted by Crippen LogP contribution is 2.29. The molecule has 0 saturated carbocycles. The molecule has 0 aliphatic carbocycles. The van der Waals surface area contributed by atoms with Crippen LogP contribution in [0, 0.1) is 5.82 Å². The largest absolute Gasteiger partial charge is 0.356 e. The van der Waals surface area contributed by atoms with Crippen LogP contribution < -0.4 is 0 Å². The molecule has 0 aliphatic heterocycles. The van der Waals surface area contributed by atoms with Crippen LogP contribution in [0.15, 0.2) is 47.0 Å². The fourth-order valence-electron chi connectivity index (χ4n) is 2.15. The Labute approximate surface area is 110 Å². The lowest BCUT2D eigenvalue weighted by Crippen LogP contribution is -1.87. The van der Waals surface area contributed by atoms with E-state index in [9.17, 15) is 4.39 Å². The van der Waals surface area contributed by atoms with Crippen molar-refractivity contribution in [3.05, 3.63) is 53.8 Å². The Hall–Kier alpha value is -2.16. The van der Waals surface area contributed by atoms with Crippen molar-refractivity contribution in [1.29, 1.82) is 0 Å². The van der Waals surface area contributed by atoms with Crippen molar-refractivity contribution in [2.45, 2.75) is 19.8 Å². The molecule has 0 fully saturated rings. The van der Waals surface area contributed by atoms with Crippen molar-refractivity contribution in [2.75, 3.05) is 0 Å². The molecule has 1 aromatic heterocycles.